The van der Waals surface area contributed by atoms with E-state index in [-0.39, 0.29) is 5.75 Å². The first-order valence-corrected chi connectivity index (χ1v) is 5.15. The van der Waals surface area contributed by atoms with Gasteiger partial charge in [-0.1, -0.05) is 11.6 Å². The summed E-state index contributed by atoms with van der Waals surface area (Å²) >= 11 is 0. The van der Waals surface area contributed by atoms with Gasteiger partial charge in [-0.25, -0.2) is 0 Å². The predicted octanol–water partition coefficient (Wildman–Crippen LogP) is 2.16. The molecule has 1 rings (SSSR count). The van der Waals surface area contributed by atoms with Gasteiger partial charge in [0.2, 0.25) is 0 Å². The molecule has 0 saturated heterocycles. The summed E-state index contributed by atoms with van der Waals surface area (Å²) in [6, 6.07) is 5.28. The van der Waals surface area contributed by atoms with Gasteiger partial charge in [0.25, 0.3) is 0 Å². The van der Waals surface area contributed by atoms with Crippen LogP contribution >= 0.6 is 0 Å². The van der Waals surface area contributed by atoms with E-state index in [1.165, 1.54) is 0 Å². The SMILES string of the molecule is CCOC(c1cc(C)ccc1O)C(C)O. The minimum Gasteiger partial charge on any atom is -0.508 e. The molecule has 0 spiro atoms. The second kappa shape index (κ2) is 5.14. The summed E-state index contributed by atoms with van der Waals surface area (Å²) in [5, 5.41) is 19.3. The number of aromatic hydroxyl groups is 1. The molecule has 2 N–H and O–H groups in total. The zero-order valence-electron chi connectivity index (χ0n) is 9.40. The molecule has 0 bridgehead atoms. The number of rotatable bonds is 4. The average Bonchev–Trinajstić information content (AvgIpc) is 2.18. The van der Waals surface area contributed by atoms with Crippen molar-refractivity contribution < 1.29 is 14.9 Å². The highest BCUT2D eigenvalue weighted by Gasteiger charge is 2.20. The summed E-state index contributed by atoms with van der Waals surface area (Å²) in [5.41, 5.74) is 1.68. The van der Waals surface area contributed by atoms with Gasteiger partial charge in [-0.3, -0.25) is 0 Å². The van der Waals surface area contributed by atoms with E-state index in [4.69, 9.17) is 4.74 Å². The molecule has 84 valence electrons. The zero-order chi connectivity index (χ0) is 11.4. The van der Waals surface area contributed by atoms with Gasteiger partial charge in [-0.05, 0) is 32.9 Å². The Balaban J connectivity index is 3.04. The maximum Gasteiger partial charge on any atom is 0.121 e. The van der Waals surface area contributed by atoms with E-state index in [9.17, 15) is 10.2 Å². The number of aryl methyl sites for hydroxylation is 1. The molecular formula is C12H18O3. The lowest BCUT2D eigenvalue weighted by Crippen LogP contribution is -2.18. The summed E-state index contributed by atoms with van der Waals surface area (Å²) in [5.74, 6) is 0.167. The molecule has 0 fully saturated rings. The highest BCUT2D eigenvalue weighted by Crippen LogP contribution is 2.30. The van der Waals surface area contributed by atoms with Crippen LogP contribution in [0, 0.1) is 6.92 Å². The van der Waals surface area contributed by atoms with E-state index < -0.39 is 12.2 Å². The maximum absolute atomic E-state index is 9.69. The quantitative estimate of drug-likeness (QED) is 0.800. The molecule has 1 aromatic carbocycles. The Morgan fingerprint density at radius 3 is 2.60 bits per heavy atom. The van der Waals surface area contributed by atoms with Gasteiger partial charge < -0.3 is 14.9 Å². The summed E-state index contributed by atoms with van der Waals surface area (Å²) in [6.45, 7) is 5.96. The topological polar surface area (TPSA) is 49.7 Å². The molecule has 0 aliphatic heterocycles. The Kier molecular flexibility index (Phi) is 4.12. The van der Waals surface area contributed by atoms with Crippen molar-refractivity contribution in [2.75, 3.05) is 6.61 Å². The van der Waals surface area contributed by atoms with E-state index in [2.05, 4.69) is 0 Å². The van der Waals surface area contributed by atoms with Crippen molar-refractivity contribution in [3.8, 4) is 5.75 Å². The van der Waals surface area contributed by atoms with Crippen LogP contribution in [-0.2, 0) is 4.74 Å². The molecule has 0 radical (unpaired) electrons. The number of ether oxygens (including phenoxy) is 1. The third-order valence-electron chi connectivity index (χ3n) is 2.27. The molecule has 15 heavy (non-hydrogen) atoms. The lowest BCUT2D eigenvalue weighted by molar-refractivity contribution is -0.0270. The molecule has 3 heteroatoms. The normalized spacial score (nSPS) is 14.9. The van der Waals surface area contributed by atoms with E-state index >= 15 is 0 Å². The number of phenols is 1. The van der Waals surface area contributed by atoms with Crippen molar-refractivity contribution >= 4 is 0 Å². The van der Waals surface area contributed by atoms with Crippen molar-refractivity contribution in [1.82, 2.24) is 0 Å². The summed E-state index contributed by atoms with van der Waals surface area (Å²) in [4.78, 5) is 0. The van der Waals surface area contributed by atoms with E-state index in [1.807, 2.05) is 26.0 Å². The standard InChI is InChI=1S/C12H18O3/c1-4-15-12(9(3)13)10-7-8(2)5-6-11(10)14/h5-7,9,12-14H,4H2,1-3H3. The lowest BCUT2D eigenvalue weighted by Gasteiger charge is -2.21. The third-order valence-corrected chi connectivity index (χ3v) is 2.27. The Hall–Kier alpha value is -1.06. The molecule has 0 aliphatic rings. The molecule has 0 amide bonds. The van der Waals surface area contributed by atoms with Gasteiger partial charge in [-0.15, -0.1) is 0 Å². The largest absolute Gasteiger partial charge is 0.508 e. The fraction of sp³-hybridized carbons (Fsp3) is 0.500. The van der Waals surface area contributed by atoms with Gasteiger partial charge in [0.15, 0.2) is 0 Å². The van der Waals surface area contributed by atoms with Crippen molar-refractivity contribution in [3.05, 3.63) is 29.3 Å². The Labute approximate surface area is 90.3 Å². The molecule has 0 heterocycles. The van der Waals surface area contributed by atoms with E-state index in [0.717, 1.165) is 5.56 Å². The monoisotopic (exact) mass is 210 g/mol. The zero-order valence-corrected chi connectivity index (χ0v) is 9.40. The van der Waals surface area contributed by atoms with Crippen molar-refractivity contribution in [3.63, 3.8) is 0 Å². The van der Waals surface area contributed by atoms with Crippen LogP contribution in [0.1, 0.15) is 31.1 Å². The number of benzene rings is 1. The minimum absolute atomic E-state index is 0.167. The first-order valence-electron chi connectivity index (χ1n) is 5.15. The van der Waals surface area contributed by atoms with E-state index in [1.54, 1.807) is 13.0 Å². The van der Waals surface area contributed by atoms with Crippen LogP contribution in [0.4, 0.5) is 0 Å². The fourth-order valence-electron chi connectivity index (χ4n) is 1.57. The van der Waals surface area contributed by atoms with Gasteiger partial charge in [-0.2, -0.15) is 0 Å². The number of hydrogen-bond acceptors (Lipinski definition) is 3. The summed E-state index contributed by atoms with van der Waals surface area (Å²) in [7, 11) is 0. The summed E-state index contributed by atoms with van der Waals surface area (Å²) in [6.07, 6.45) is -1.10. The molecule has 1 aromatic rings. The van der Waals surface area contributed by atoms with Crippen LogP contribution in [0.5, 0.6) is 5.75 Å². The Morgan fingerprint density at radius 2 is 2.07 bits per heavy atom. The smallest absolute Gasteiger partial charge is 0.121 e. The first kappa shape index (κ1) is 12.0. The Bertz CT molecular complexity index is 321. The average molecular weight is 210 g/mol. The number of aliphatic hydroxyl groups is 1. The van der Waals surface area contributed by atoms with Crippen LogP contribution < -0.4 is 0 Å². The lowest BCUT2D eigenvalue weighted by atomic mass is 10.0. The van der Waals surface area contributed by atoms with Crippen LogP contribution in [0.2, 0.25) is 0 Å². The molecule has 2 atom stereocenters. The molecule has 3 nitrogen and oxygen atoms in total. The molecule has 0 saturated carbocycles. The molecule has 0 aromatic heterocycles. The van der Waals surface area contributed by atoms with Crippen molar-refractivity contribution in [2.24, 2.45) is 0 Å². The molecule has 2 unspecified atom stereocenters. The highest BCUT2D eigenvalue weighted by molar-refractivity contribution is 5.37. The van der Waals surface area contributed by atoms with Crippen LogP contribution in [0.15, 0.2) is 18.2 Å². The maximum atomic E-state index is 9.69. The molecular weight excluding hydrogens is 192 g/mol. The second-order valence-corrected chi connectivity index (χ2v) is 3.68. The predicted molar refractivity (Wildman–Crippen MR) is 58.9 cm³/mol. The molecule has 0 aliphatic carbocycles. The van der Waals surface area contributed by atoms with Crippen LogP contribution in [0.3, 0.4) is 0 Å². The number of hydrogen-bond donors (Lipinski definition) is 2. The van der Waals surface area contributed by atoms with Gasteiger partial charge in [0.1, 0.15) is 11.9 Å². The van der Waals surface area contributed by atoms with Gasteiger partial charge >= 0.3 is 0 Å². The highest BCUT2D eigenvalue weighted by atomic mass is 16.5. The summed E-state index contributed by atoms with van der Waals surface area (Å²) < 4.78 is 5.42. The Morgan fingerprint density at radius 1 is 1.40 bits per heavy atom. The first-order chi connectivity index (χ1) is 7.06. The van der Waals surface area contributed by atoms with Crippen molar-refractivity contribution in [2.45, 2.75) is 33.0 Å². The minimum atomic E-state index is -0.641. The van der Waals surface area contributed by atoms with Crippen LogP contribution in [-0.4, -0.2) is 22.9 Å². The van der Waals surface area contributed by atoms with Crippen molar-refractivity contribution in [1.29, 1.82) is 0 Å². The van der Waals surface area contributed by atoms with Crippen LogP contribution in [0.25, 0.3) is 0 Å². The number of aliphatic hydroxyl groups excluding tert-OH is 1. The second-order valence-electron chi connectivity index (χ2n) is 3.68. The third kappa shape index (κ3) is 2.94. The number of phenolic OH excluding ortho intramolecular Hbond substituents is 1. The van der Waals surface area contributed by atoms with Gasteiger partial charge in [0, 0.05) is 12.2 Å². The van der Waals surface area contributed by atoms with E-state index in [0.29, 0.717) is 12.2 Å². The fourth-order valence-corrected chi connectivity index (χ4v) is 1.57. The van der Waals surface area contributed by atoms with Gasteiger partial charge in [0.05, 0.1) is 6.10 Å².